The van der Waals surface area contributed by atoms with Gasteiger partial charge in [0.1, 0.15) is 6.29 Å². The van der Waals surface area contributed by atoms with Gasteiger partial charge in [-0.2, -0.15) is 0 Å². The fourth-order valence-corrected chi connectivity index (χ4v) is 1.95. The molecule has 0 fully saturated rings. The van der Waals surface area contributed by atoms with Gasteiger partial charge in [-0.15, -0.1) is 0 Å². The first-order valence-electron chi connectivity index (χ1n) is 5.77. The fourth-order valence-electron chi connectivity index (χ4n) is 1.38. The van der Waals surface area contributed by atoms with Crippen molar-refractivity contribution < 1.29 is 14.3 Å². The minimum absolute atomic E-state index is 0.541. The van der Waals surface area contributed by atoms with Crippen molar-refractivity contribution in [2.75, 3.05) is 13.2 Å². The average molecular weight is 301 g/mol. The van der Waals surface area contributed by atoms with E-state index in [1.807, 2.05) is 6.92 Å². The summed E-state index contributed by atoms with van der Waals surface area (Å²) in [5.74, 6) is 1.28. The van der Waals surface area contributed by atoms with Crippen LogP contribution in [0.5, 0.6) is 11.5 Å². The summed E-state index contributed by atoms with van der Waals surface area (Å²) in [6, 6.07) is 3.43. The number of halogens is 1. The van der Waals surface area contributed by atoms with Crippen molar-refractivity contribution in [2.24, 2.45) is 0 Å². The third kappa shape index (κ3) is 4.04. The minimum Gasteiger partial charge on any atom is -0.490 e. The molecule has 0 saturated carbocycles. The third-order valence-corrected chi connectivity index (χ3v) is 2.80. The molecule has 0 aliphatic carbocycles. The van der Waals surface area contributed by atoms with Gasteiger partial charge in [0.25, 0.3) is 0 Å². The Kier molecular flexibility index (Phi) is 6.05. The number of carbonyl (C=O) groups is 1. The predicted octanol–water partition coefficient (Wildman–Crippen LogP) is 3.84. The second kappa shape index (κ2) is 7.33. The van der Waals surface area contributed by atoms with E-state index >= 15 is 0 Å². The fraction of sp³-hybridized carbons (Fsp3) is 0.462. The van der Waals surface area contributed by atoms with E-state index in [1.54, 1.807) is 12.1 Å². The molecule has 0 amide bonds. The highest BCUT2D eigenvalue weighted by Gasteiger charge is 2.11. The van der Waals surface area contributed by atoms with E-state index in [0.717, 1.165) is 23.6 Å². The number of unbranched alkanes of at least 4 members (excludes halogenated alkanes) is 1. The van der Waals surface area contributed by atoms with Crippen molar-refractivity contribution in [3.63, 3.8) is 0 Å². The monoisotopic (exact) mass is 300 g/mol. The van der Waals surface area contributed by atoms with Crippen LogP contribution in [0.1, 0.15) is 37.0 Å². The second-order valence-corrected chi connectivity index (χ2v) is 4.44. The molecule has 0 bridgehead atoms. The SMILES string of the molecule is CCCCOc1c(Br)cc(C=O)cc1OCC. The molecule has 0 aliphatic rings. The van der Waals surface area contributed by atoms with E-state index in [0.29, 0.717) is 30.3 Å². The first-order chi connectivity index (χ1) is 8.22. The Morgan fingerprint density at radius 1 is 1.29 bits per heavy atom. The molecule has 1 aromatic carbocycles. The summed E-state index contributed by atoms with van der Waals surface area (Å²) in [5.41, 5.74) is 0.572. The summed E-state index contributed by atoms with van der Waals surface area (Å²) in [4.78, 5) is 10.8. The van der Waals surface area contributed by atoms with E-state index in [-0.39, 0.29) is 0 Å². The molecule has 0 spiro atoms. The number of carbonyl (C=O) groups excluding carboxylic acids is 1. The molecule has 0 atom stereocenters. The van der Waals surface area contributed by atoms with Crippen LogP contribution in [0.4, 0.5) is 0 Å². The average Bonchev–Trinajstić information content (AvgIpc) is 2.32. The number of ether oxygens (including phenoxy) is 2. The summed E-state index contributed by atoms with van der Waals surface area (Å²) >= 11 is 3.40. The zero-order valence-electron chi connectivity index (χ0n) is 10.2. The number of benzene rings is 1. The van der Waals surface area contributed by atoms with Gasteiger partial charge in [0.05, 0.1) is 17.7 Å². The maximum absolute atomic E-state index is 10.8. The summed E-state index contributed by atoms with van der Waals surface area (Å²) in [6.45, 7) is 5.20. The lowest BCUT2D eigenvalue weighted by Gasteiger charge is -2.14. The second-order valence-electron chi connectivity index (χ2n) is 3.58. The third-order valence-electron chi connectivity index (χ3n) is 2.21. The zero-order valence-corrected chi connectivity index (χ0v) is 11.7. The van der Waals surface area contributed by atoms with Gasteiger partial charge in [0.15, 0.2) is 11.5 Å². The molecular weight excluding hydrogens is 284 g/mol. The molecule has 0 N–H and O–H groups in total. The Labute approximate surface area is 110 Å². The van der Waals surface area contributed by atoms with Crippen LogP contribution in [0.3, 0.4) is 0 Å². The molecule has 3 nitrogen and oxygen atoms in total. The molecule has 0 saturated heterocycles. The number of hydrogen-bond donors (Lipinski definition) is 0. The van der Waals surface area contributed by atoms with Crippen LogP contribution in [-0.2, 0) is 0 Å². The number of aldehydes is 1. The van der Waals surface area contributed by atoms with E-state index in [2.05, 4.69) is 22.9 Å². The lowest BCUT2D eigenvalue weighted by Crippen LogP contribution is -2.02. The first-order valence-corrected chi connectivity index (χ1v) is 6.56. The first kappa shape index (κ1) is 14.0. The molecule has 0 radical (unpaired) electrons. The topological polar surface area (TPSA) is 35.5 Å². The maximum atomic E-state index is 10.8. The van der Waals surface area contributed by atoms with Gasteiger partial charge in [-0.1, -0.05) is 13.3 Å². The summed E-state index contributed by atoms with van der Waals surface area (Å²) in [7, 11) is 0. The maximum Gasteiger partial charge on any atom is 0.175 e. The highest BCUT2D eigenvalue weighted by Crippen LogP contribution is 2.36. The molecule has 0 aliphatic heterocycles. The summed E-state index contributed by atoms with van der Waals surface area (Å²) < 4.78 is 11.9. The molecule has 1 aromatic rings. The Morgan fingerprint density at radius 3 is 2.65 bits per heavy atom. The van der Waals surface area contributed by atoms with Crippen LogP contribution in [0.2, 0.25) is 0 Å². The van der Waals surface area contributed by atoms with E-state index in [1.165, 1.54) is 0 Å². The zero-order chi connectivity index (χ0) is 12.7. The molecule has 0 unspecified atom stereocenters. The van der Waals surface area contributed by atoms with Crippen LogP contribution in [-0.4, -0.2) is 19.5 Å². The van der Waals surface area contributed by atoms with Gasteiger partial charge in [-0.25, -0.2) is 0 Å². The van der Waals surface area contributed by atoms with Crippen LogP contribution in [0.15, 0.2) is 16.6 Å². The van der Waals surface area contributed by atoms with Gasteiger partial charge in [0, 0.05) is 5.56 Å². The molecule has 94 valence electrons. The van der Waals surface area contributed by atoms with Gasteiger partial charge in [-0.3, -0.25) is 4.79 Å². The van der Waals surface area contributed by atoms with Crippen molar-refractivity contribution in [1.82, 2.24) is 0 Å². The molecule has 0 aromatic heterocycles. The van der Waals surface area contributed by atoms with Crippen molar-refractivity contribution in [3.8, 4) is 11.5 Å². The minimum atomic E-state index is 0.541. The lowest BCUT2D eigenvalue weighted by molar-refractivity contribution is 0.112. The Bertz CT molecular complexity index is 377. The quantitative estimate of drug-likeness (QED) is 0.567. The van der Waals surface area contributed by atoms with Crippen molar-refractivity contribution in [3.05, 3.63) is 22.2 Å². The highest BCUT2D eigenvalue weighted by atomic mass is 79.9. The highest BCUT2D eigenvalue weighted by molar-refractivity contribution is 9.10. The molecule has 1 rings (SSSR count). The van der Waals surface area contributed by atoms with Crippen LogP contribution in [0.25, 0.3) is 0 Å². The van der Waals surface area contributed by atoms with E-state index < -0.39 is 0 Å². The smallest absolute Gasteiger partial charge is 0.175 e. The summed E-state index contributed by atoms with van der Waals surface area (Å²) in [6.07, 6.45) is 2.87. The van der Waals surface area contributed by atoms with E-state index in [4.69, 9.17) is 9.47 Å². The van der Waals surface area contributed by atoms with Crippen LogP contribution >= 0.6 is 15.9 Å². The lowest BCUT2D eigenvalue weighted by atomic mass is 10.2. The molecule has 4 heteroatoms. The summed E-state index contributed by atoms with van der Waals surface area (Å²) in [5, 5.41) is 0. The van der Waals surface area contributed by atoms with Crippen LogP contribution < -0.4 is 9.47 Å². The van der Waals surface area contributed by atoms with Crippen molar-refractivity contribution in [2.45, 2.75) is 26.7 Å². The standard InChI is InChI=1S/C13H17BrO3/c1-3-5-6-17-13-11(14)7-10(9-15)8-12(13)16-4-2/h7-9H,3-6H2,1-2H3. The Morgan fingerprint density at radius 2 is 2.06 bits per heavy atom. The number of hydrogen-bond acceptors (Lipinski definition) is 3. The Hall–Kier alpha value is -1.03. The molecule has 17 heavy (non-hydrogen) atoms. The number of rotatable bonds is 7. The molecular formula is C13H17BrO3. The largest absolute Gasteiger partial charge is 0.490 e. The van der Waals surface area contributed by atoms with Gasteiger partial charge in [0.2, 0.25) is 0 Å². The van der Waals surface area contributed by atoms with Gasteiger partial charge in [-0.05, 0) is 41.4 Å². The Balaban J connectivity index is 2.94. The molecule has 0 heterocycles. The van der Waals surface area contributed by atoms with Gasteiger partial charge >= 0.3 is 0 Å². The van der Waals surface area contributed by atoms with Gasteiger partial charge < -0.3 is 9.47 Å². The normalized spacial score (nSPS) is 10.1. The van der Waals surface area contributed by atoms with Crippen molar-refractivity contribution in [1.29, 1.82) is 0 Å². The van der Waals surface area contributed by atoms with Crippen molar-refractivity contribution >= 4 is 22.2 Å². The van der Waals surface area contributed by atoms with Crippen LogP contribution in [0, 0.1) is 0 Å². The van der Waals surface area contributed by atoms with E-state index in [9.17, 15) is 4.79 Å². The predicted molar refractivity (Wildman–Crippen MR) is 71.1 cm³/mol.